The number of hydrogen-bond acceptors (Lipinski definition) is 4. The molecule has 0 aliphatic carbocycles. The van der Waals surface area contributed by atoms with Crippen LogP contribution in [0.4, 0.5) is 14.5 Å². The van der Waals surface area contributed by atoms with E-state index in [1.807, 2.05) is 0 Å². The minimum Gasteiger partial charge on any atom is -0.497 e. The van der Waals surface area contributed by atoms with Gasteiger partial charge < -0.3 is 10.1 Å². The standard InChI is InChI=1S/C16H16F2N2O4S/c1-24-12-3-5-13(6-4-12)25(22,23)19-9-8-16(21)20-15-7-2-11(17)10-14(15)18/h2-7,10,19H,8-9H2,1H3,(H,20,21). The Labute approximate surface area is 143 Å². The van der Waals surface area contributed by atoms with Gasteiger partial charge in [0.1, 0.15) is 17.4 Å². The number of hydrogen-bond donors (Lipinski definition) is 2. The summed E-state index contributed by atoms with van der Waals surface area (Å²) in [5.41, 5.74) is -0.176. The second kappa shape index (κ2) is 8.04. The van der Waals surface area contributed by atoms with Crippen molar-refractivity contribution in [3.05, 3.63) is 54.1 Å². The number of rotatable bonds is 7. The summed E-state index contributed by atoms with van der Waals surface area (Å²) in [6.07, 6.45) is -0.216. The third-order valence-electron chi connectivity index (χ3n) is 3.22. The van der Waals surface area contributed by atoms with Gasteiger partial charge in [-0.05, 0) is 36.4 Å². The molecular formula is C16H16F2N2O4S. The highest BCUT2D eigenvalue weighted by Crippen LogP contribution is 2.16. The molecule has 2 rings (SSSR count). The molecule has 0 fully saturated rings. The molecule has 0 heterocycles. The molecule has 0 aliphatic rings. The Morgan fingerprint density at radius 2 is 1.80 bits per heavy atom. The van der Waals surface area contributed by atoms with E-state index < -0.39 is 27.6 Å². The van der Waals surface area contributed by atoms with Crippen LogP contribution in [0.3, 0.4) is 0 Å². The number of nitrogens with one attached hydrogen (secondary N) is 2. The largest absolute Gasteiger partial charge is 0.497 e. The quantitative estimate of drug-likeness (QED) is 0.783. The minimum atomic E-state index is -3.78. The number of methoxy groups -OCH3 is 1. The van der Waals surface area contributed by atoms with E-state index in [0.717, 1.165) is 12.1 Å². The van der Waals surface area contributed by atoms with Crippen molar-refractivity contribution >= 4 is 21.6 Å². The first-order chi connectivity index (χ1) is 11.8. The summed E-state index contributed by atoms with van der Waals surface area (Å²) in [6, 6.07) is 8.47. The smallest absolute Gasteiger partial charge is 0.240 e. The molecule has 0 aromatic heterocycles. The number of anilines is 1. The number of carbonyl (C=O) groups excluding carboxylic acids is 1. The summed E-state index contributed by atoms with van der Waals surface area (Å²) < 4.78 is 57.6. The summed E-state index contributed by atoms with van der Waals surface area (Å²) in [6.45, 7) is -0.178. The van der Waals surface area contributed by atoms with Crippen LogP contribution in [0.5, 0.6) is 5.75 Å². The van der Waals surface area contributed by atoms with Crippen molar-refractivity contribution in [3.8, 4) is 5.75 Å². The number of ether oxygens (including phenoxy) is 1. The van der Waals surface area contributed by atoms with Crippen molar-refractivity contribution < 1.29 is 26.7 Å². The van der Waals surface area contributed by atoms with Gasteiger partial charge in [0, 0.05) is 19.0 Å². The first-order valence-corrected chi connectivity index (χ1v) is 8.69. The molecule has 0 unspecified atom stereocenters. The summed E-state index contributed by atoms with van der Waals surface area (Å²) in [5.74, 6) is -1.77. The Hall–Kier alpha value is -2.52. The third kappa shape index (κ3) is 5.23. The third-order valence-corrected chi connectivity index (χ3v) is 4.70. The summed E-state index contributed by atoms with van der Waals surface area (Å²) in [5, 5.41) is 2.25. The zero-order chi connectivity index (χ0) is 18.4. The minimum absolute atomic E-state index is 0.0262. The zero-order valence-electron chi connectivity index (χ0n) is 13.3. The second-order valence-electron chi connectivity index (χ2n) is 5.00. The van der Waals surface area contributed by atoms with Crippen molar-refractivity contribution in [1.29, 1.82) is 0 Å². The van der Waals surface area contributed by atoms with Crippen LogP contribution in [-0.4, -0.2) is 28.0 Å². The van der Waals surface area contributed by atoms with E-state index >= 15 is 0 Å². The predicted octanol–water partition coefficient (Wildman–Crippen LogP) is 2.28. The SMILES string of the molecule is COc1ccc(S(=O)(=O)NCCC(=O)Nc2ccc(F)cc2F)cc1. The molecule has 1 amide bonds. The molecule has 0 saturated carbocycles. The van der Waals surface area contributed by atoms with E-state index in [0.29, 0.717) is 11.8 Å². The fraction of sp³-hybridized carbons (Fsp3) is 0.188. The lowest BCUT2D eigenvalue weighted by Gasteiger charge is -2.09. The maximum Gasteiger partial charge on any atom is 0.240 e. The average Bonchev–Trinajstić information content (AvgIpc) is 2.57. The van der Waals surface area contributed by atoms with Crippen LogP contribution in [0.25, 0.3) is 0 Å². The summed E-state index contributed by atoms with van der Waals surface area (Å²) in [4.78, 5) is 11.8. The maximum atomic E-state index is 13.4. The monoisotopic (exact) mass is 370 g/mol. The normalized spacial score (nSPS) is 11.2. The van der Waals surface area contributed by atoms with E-state index in [4.69, 9.17) is 4.74 Å². The van der Waals surface area contributed by atoms with Gasteiger partial charge in [-0.1, -0.05) is 0 Å². The lowest BCUT2D eigenvalue weighted by Crippen LogP contribution is -2.28. The molecule has 2 N–H and O–H groups in total. The zero-order valence-corrected chi connectivity index (χ0v) is 14.1. The number of halogens is 2. The predicted molar refractivity (Wildman–Crippen MR) is 87.8 cm³/mol. The van der Waals surface area contributed by atoms with Gasteiger partial charge >= 0.3 is 0 Å². The molecule has 2 aromatic carbocycles. The molecule has 0 atom stereocenters. The van der Waals surface area contributed by atoms with Crippen LogP contribution in [0.1, 0.15) is 6.42 Å². The Morgan fingerprint density at radius 3 is 2.40 bits per heavy atom. The molecule has 0 saturated heterocycles. The van der Waals surface area contributed by atoms with Crippen LogP contribution in [-0.2, 0) is 14.8 Å². The van der Waals surface area contributed by atoms with Crippen molar-refractivity contribution in [2.45, 2.75) is 11.3 Å². The van der Waals surface area contributed by atoms with Crippen molar-refractivity contribution in [1.82, 2.24) is 4.72 Å². The fourth-order valence-corrected chi connectivity index (χ4v) is 2.97. The van der Waals surface area contributed by atoms with Gasteiger partial charge in [0.15, 0.2) is 0 Å². The van der Waals surface area contributed by atoms with Gasteiger partial charge in [0.25, 0.3) is 0 Å². The fourth-order valence-electron chi connectivity index (χ4n) is 1.94. The average molecular weight is 370 g/mol. The number of carbonyl (C=O) groups is 1. The van der Waals surface area contributed by atoms with Crippen LogP contribution in [0.15, 0.2) is 47.4 Å². The molecule has 0 bridgehead atoms. The summed E-state index contributed by atoms with van der Waals surface area (Å²) in [7, 11) is -2.31. The van der Waals surface area contributed by atoms with E-state index in [-0.39, 0.29) is 23.5 Å². The molecule has 0 radical (unpaired) electrons. The molecule has 0 aliphatic heterocycles. The van der Waals surface area contributed by atoms with Gasteiger partial charge in [0.2, 0.25) is 15.9 Å². The Kier molecular flexibility index (Phi) is 6.05. The number of sulfonamides is 1. The van der Waals surface area contributed by atoms with E-state index in [2.05, 4.69) is 10.0 Å². The second-order valence-corrected chi connectivity index (χ2v) is 6.76. The van der Waals surface area contributed by atoms with Crippen LogP contribution in [0, 0.1) is 11.6 Å². The van der Waals surface area contributed by atoms with Gasteiger partial charge in [-0.2, -0.15) is 0 Å². The van der Waals surface area contributed by atoms with Gasteiger partial charge in [-0.15, -0.1) is 0 Å². The lowest BCUT2D eigenvalue weighted by molar-refractivity contribution is -0.116. The van der Waals surface area contributed by atoms with Crippen molar-refractivity contribution in [2.75, 3.05) is 19.0 Å². The Morgan fingerprint density at radius 1 is 1.12 bits per heavy atom. The van der Waals surface area contributed by atoms with E-state index in [1.165, 1.54) is 31.4 Å². The van der Waals surface area contributed by atoms with Crippen LogP contribution in [0.2, 0.25) is 0 Å². The van der Waals surface area contributed by atoms with E-state index in [9.17, 15) is 22.0 Å². The van der Waals surface area contributed by atoms with Crippen LogP contribution >= 0.6 is 0 Å². The first kappa shape index (κ1) is 18.8. The van der Waals surface area contributed by atoms with Crippen LogP contribution < -0.4 is 14.8 Å². The molecule has 2 aromatic rings. The first-order valence-electron chi connectivity index (χ1n) is 7.20. The molecule has 0 spiro atoms. The van der Waals surface area contributed by atoms with Crippen molar-refractivity contribution in [2.24, 2.45) is 0 Å². The highest BCUT2D eigenvalue weighted by Gasteiger charge is 2.15. The van der Waals surface area contributed by atoms with Gasteiger partial charge in [-0.3, -0.25) is 4.79 Å². The summed E-state index contributed by atoms with van der Waals surface area (Å²) >= 11 is 0. The van der Waals surface area contributed by atoms with E-state index in [1.54, 1.807) is 0 Å². The van der Waals surface area contributed by atoms with Crippen molar-refractivity contribution in [3.63, 3.8) is 0 Å². The molecule has 9 heteroatoms. The number of benzene rings is 2. The van der Waals surface area contributed by atoms with Gasteiger partial charge in [-0.25, -0.2) is 21.9 Å². The molecular weight excluding hydrogens is 354 g/mol. The number of amides is 1. The lowest BCUT2D eigenvalue weighted by atomic mass is 10.3. The molecule has 134 valence electrons. The molecule has 6 nitrogen and oxygen atoms in total. The Balaban J connectivity index is 1.89. The molecule has 25 heavy (non-hydrogen) atoms. The Bertz CT molecular complexity index is 855. The van der Waals surface area contributed by atoms with Gasteiger partial charge in [0.05, 0.1) is 17.7 Å². The highest BCUT2D eigenvalue weighted by molar-refractivity contribution is 7.89. The highest BCUT2D eigenvalue weighted by atomic mass is 32.2. The topological polar surface area (TPSA) is 84.5 Å². The maximum absolute atomic E-state index is 13.4.